The molecular formula is C23H17NO2. The summed E-state index contributed by atoms with van der Waals surface area (Å²) in [6.07, 6.45) is 0. The molecule has 0 spiro atoms. The maximum atomic E-state index is 6.23. The predicted molar refractivity (Wildman–Crippen MR) is 105 cm³/mol. The van der Waals surface area contributed by atoms with Crippen LogP contribution >= 0.6 is 0 Å². The van der Waals surface area contributed by atoms with E-state index in [2.05, 4.69) is 47.4 Å². The molecule has 3 aromatic carbocycles. The Morgan fingerprint density at radius 1 is 0.769 bits per heavy atom. The molecule has 0 aliphatic carbocycles. The van der Waals surface area contributed by atoms with Crippen LogP contribution < -0.4 is 4.74 Å². The zero-order valence-corrected chi connectivity index (χ0v) is 14.3. The van der Waals surface area contributed by atoms with Crippen molar-refractivity contribution in [3.05, 3.63) is 78.9 Å². The van der Waals surface area contributed by atoms with Gasteiger partial charge in [0.2, 0.25) is 0 Å². The summed E-state index contributed by atoms with van der Waals surface area (Å²) < 4.78 is 11.5. The van der Waals surface area contributed by atoms with Crippen LogP contribution in [0.3, 0.4) is 0 Å². The van der Waals surface area contributed by atoms with E-state index in [9.17, 15) is 0 Å². The van der Waals surface area contributed by atoms with Crippen molar-refractivity contribution >= 4 is 22.1 Å². The molecule has 5 rings (SSSR count). The second kappa shape index (κ2) is 5.81. The molecule has 3 heteroatoms. The maximum Gasteiger partial charge on any atom is 0.161 e. The number of hydrogen-bond donors (Lipinski definition) is 1. The lowest BCUT2D eigenvalue weighted by molar-refractivity contribution is 0.415. The quantitative estimate of drug-likeness (QED) is 0.421. The average Bonchev–Trinajstić information content (AvgIpc) is 3.25. The van der Waals surface area contributed by atoms with Crippen molar-refractivity contribution in [1.82, 2.24) is 4.98 Å². The van der Waals surface area contributed by atoms with Crippen LogP contribution in [0.4, 0.5) is 0 Å². The van der Waals surface area contributed by atoms with Crippen molar-refractivity contribution < 1.29 is 9.15 Å². The fourth-order valence-electron chi connectivity index (χ4n) is 3.50. The van der Waals surface area contributed by atoms with E-state index in [-0.39, 0.29) is 0 Å². The number of aromatic nitrogens is 1. The first-order chi connectivity index (χ1) is 12.8. The van der Waals surface area contributed by atoms with Crippen LogP contribution in [0, 0.1) is 0 Å². The predicted octanol–water partition coefficient (Wildman–Crippen LogP) is 6.26. The minimum absolute atomic E-state index is 0.843. The monoisotopic (exact) mass is 339 g/mol. The Bertz CT molecular complexity index is 1200. The van der Waals surface area contributed by atoms with E-state index in [1.54, 1.807) is 7.11 Å². The Hall–Kier alpha value is -3.46. The van der Waals surface area contributed by atoms with Gasteiger partial charge in [0.05, 0.1) is 23.9 Å². The van der Waals surface area contributed by atoms with E-state index in [0.717, 1.165) is 50.2 Å². The SMILES string of the molecule is COc1ccc(-c2[nH]c3c(oc4ccccc43)c2-c2ccccc2)cc1. The lowest BCUT2D eigenvalue weighted by Gasteiger charge is -2.06. The summed E-state index contributed by atoms with van der Waals surface area (Å²) in [7, 11) is 1.68. The van der Waals surface area contributed by atoms with Crippen LogP contribution in [0.5, 0.6) is 5.75 Å². The van der Waals surface area contributed by atoms with Gasteiger partial charge in [-0.05, 0) is 47.5 Å². The molecule has 0 amide bonds. The number of rotatable bonds is 3. The Morgan fingerprint density at radius 3 is 2.27 bits per heavy atom. The summed E-state index contributed by atoms with van der Waals surface area (Å²) >= 11 is 0. The van der Waals surface area contributed by atoms with Gasteiger partial charge in [-0.25, -0.2) is 0 Å². The van der Waals surface area contributed by atoms with Crippen molar-refractivity contribution in [3.63, 3.8) is 0 Å². The van der Waals surface area contributed by atoms with Gasteiger partial charge in [0.15, 0.2) is 5.58 Å². The average molecular weight is 339 g/mol. The summed E-state index contributed by atoms with van der Waals surface area (Å²) in [5, 5.41) is 1.10. The smallest absolute Gasteiger partial charge is 0.161 e. The van der Waals surface area contributed by atoms with Crippen LogP contribution in [0.2, 0.25) is 0 Å². The normalized spacial score (nSPS) is 11.3. The Balaban J connectivity index is 1.84. The Labute approximate surface area is 150 Å². The minimum Gasteiger partial charge on any atom is -0.497 e. The molecule has 5 aromatic rings. The maximum absolute atomic E-state index is 6.23. The van der Waals surface area contributed by atoms with Gasteiger partial charge in [-0.2, -0.15) is 0 Å². The second-order valence-electron chi connectivity index (χ2n) is 6.27. The fourth-order valence-corrected chi connectivity index (χ4v) is 3.50. The number of nitrogens with one attached hydrogen (secondary N) is 1. The van der Waals surface area contributed by atoms with E-state index >= 15 is 0 Å². The second-order valence-corrected chi connectivity index (χ2v) is 6.27. The molecule has 0 fully saturated rings. The lowest BCUT2D eigenvalue weighted by Crippen LogP contribution is -1.85. The lowest BCUT2D eigenvalue weighted by atomic mass is 10.0. The number of para-hydroxylation sites is 1. The standard InChI is InChI=1S/C23H17NO2/c1-25-17-13-11-16(12-14-17)21-20(15-7-3-2-4-8-15)23-22(24-21)18-9-5-6-10-19(18)26-23/h2-14,24H,1H3. The van der Waals surface area contributed by atoms with E-state index < -0.39 is 0 Å². The first-order valence-corrected chi connectivity index (χ1v) is 8.58. The van der Waals surface area contributed by atoms with Crippen molar-refractivity contribution in [1.29, 1.82) is 0 Å². The Morgan fingerprint density at radius 2 is 1.50 bits per heavy atom. The van der Waals surface area contributed by atoms with Gasteiger partial charge in [0.1, 0.15) is 11.3 Å². The highest BCUT2D eigenvalue weighted by molar-refractivity contribution is 6.12. The molecule has 26 heavy (non-hydrogen) atoms. The van der Waals surface area contributed by atoms with Crippen molar-refractivity contribution in [3.8, 4) is 28.1 Å². The summed E-state index contributed by atoms with van der Waals surface area (Å²) in [5.41, 5.74) is 7.18. The zero-order chi connectivity index (χ0) is 17.5. The summed E-state index contributed by atoms with van der Waals surface area (Å²) in [5.74, 6) is 0.843. The molecule has 0 aliphatic heterocycles. The molecule has 2 aromatic heterocycles. The third-order valence-corrected chi connectivity index (χ3v) is 4.76. The first-order valence-electron chi connectivity index (χ1n) is 8.58. The molecule has 0 aliphatic rings. The number of hydrogen-bond acceptors (Lipinski definition) is 2. The van der Waals surface area contributed by atoms with Gasteiger partial charge >= 0.3 is 0 Å². The molecule has 126 valence electrons. The van der Waals surface area contributed by atoms with Gasteiger partial charge in [0, 0.05) is 5.39 Å². The number of furan rings is 1. The van der Waals surface area contributed by atoms with Crippen LogP contribution in [0.15, 0.2) is 83.3 Å². The Kier molecular flexibility index (Phi) is 3.32. The molecular weight excluding hydrogens is 322 g/mol. The van der Waals surface area contributed by atoms with Gasteiger partial charge < -0.3 is 14.1 Å². The highest BCUT2D eigenvalue weighted by atomic mass is 16.5. The number of aromatic amines is 1. The fraction of sp³-hybridized carbons (Fsp3) is 0.0435. The van der Waals surface area contributed by atoms with Gasteiger partial charge in [0.25, 0.3) is 0 Å². The first kappa shape index (κ1) is 14.8. The van der Waals surface area contributed by atoms with Gasteiger partial charge in [-0.1, -0.05) is 42.5 Å². The topological polar surface area (TPSA) is 38.2 Å². The van der Waals surface area contributed by atoms with Crippen molar-refractivity contribution in [2.45, 2.75) is 0 Å². The van der Waals surface area contributed by atoms with Crippen molar-refractivity contribution in [2.24, 2.45) is 0 Å². The third kappa shape index (κ3) is 2.21. The summed E-state index contributed by atoms with van der Waals surface area (Å²) in [6, 6.07) is 26.6. The molecule has 0 saturated heterocycles. The molecule has 0 radical (unpaired) electrons. The molecule has 2 heterocycles. The molecule has 0 unspecified atom stereocenters. The molecule has 0 atom stereocenters. The van der Waals surface area contributed by atoms with E-state index in [4.69, 9.17) is 9.15 Å². The summed E-state index contributed by atoms with van der Waals surface area (Å²) in [6.45, 7) is 0. The van der Waals surface area contributed by atoms with E-state index in [0.29, 0.717) is 0 Å². The van der Waals surface area contributed by atoms with Gasteiger partial charge in [-0.3, -0.25) is 0 Å². The third-order valence-electron chi connectivity index (χ3n) is 4.76. The minimum atomic E-state index is 0.843. The molecule has 3 nitrogen and oxygen atoms in total. The van der Waals surface area contributed by atoms with Crippen LogP contribution in [-0.2, 0) is 0 Å². The highest BCUT2D eigenvalue weighted by Gasteiger charge is 2.20. The largest absolute Gasteiger partial charge is 0.497 e. The summed E-state index contributed by atoms with van der Waals surface area (Å²) in [4.78, 5) is 3.60. The van der Waals surface area contributed by atoms with Crippen LogP contribution in [-0.4, -0.2) is 12.1 Å². The van der Waals surface area contributed by atoms with E-state index in [1.807, 2.05) is 36.4 Å². The van der Waals surface area contributed by atoms with E-state index in [1.165, 1.54) is 0 Å². The number of H-pyrrole nitrogens is 1. The van der Waals surface area contributed by atoms with Crippen LogP contribution in [0.25, 0.3) is 44.5 Å². The number of ether oxygens (including phenoxy) is 1. The zero-order valence-electron chi connectivity index (χ0n) is 14.3. The number of benzene rings is 3. The van der Waals surface area contributed by atoms with Crippen molar-refractivity contribution in [2.75, 3.05) is 7.11 Å². The molecule has 0 bridgehead atoms. The number of fused-ring (bicyclic) bond motifs is 3. The molecule has 1 N–H and O–H groups in total. The van der Waals surface area contributed by atoms with Crippen LogP contribution in [0.1, 0.15) is 0 Å². The highest BCUT2D eigenvalue weighted by Crippen LogP contribution is 2.42. The molecule has 0 saturated carbocycles. The number of methoxy groups -OCH3 is 1. The van der Waals surface area contributed by atoms with Gasteiger partial charge in [-0.15, -0.1) is 0 Å².